The summed E-state index contributed by atoms with van der Waals surface area (Å²) in [6, 6.07) is 4.12. The lowest BCUT2D eigenvalue weighted by atomic mass is 9.92. The molecule has 0 spiro atoms. The van der Waals surface area contributed by atoms with E-state index in [9.17, 15) is 15.0 Å². The number of amides is 1. The minimum Gasteiger partial charge on any atom is -0.507 e. The molecular weight excluding hydrogens is 254 g/mol. The number of phenols is 1. The number of aromatic hydroxyl groups is 1. The summed E-state index contributed by atoms with van der Waals surface area (Å²) < 4.78 is 0. The SMILES string of the molecule is O=C(N[C@H]1CCCC[C@@H]1O)c1ccc(Cl)cc1O. The van der Waals surface area contributed by atoms with Gasteiger partial charge in [-0.05, 0) is 31.0 Å². The van der Waals surface area contributed by atoms with Crippen LogP contribution in [0.1, 0.15) is 36.0 Å². The molecule has 0 bridgehead atoms. The van der Waals surface area contributed by atoms with Crippen molar-refractivity contribution in [1.82, 2.24) is 5.32 Å². The predicted octanol–water partition coefficient (Wildman–Crippen LogP) is 2.08. The Morgan fingerprint density at radius 2 is 2.06 bits per heavy atom. The summed E-state index contributed by atoms with van der Waals surface area (Å²) in [6.07, 6.45) is 2.95. The number of benzene rings is 1. The van der Waals surface area contributed by atoms with Crippen LogP contribution in [0.2, 0.25) is 5.02 Å². The summed E-state index contributed by atoms with van der Waals surface area (Å²) in [6.45, 7) is 0. The molecule has 1 aromatic carbocycles. The molecule has 1 saturated carbocycles. The minimum absolute atomic E-state index is 0.148. The highest BCUT2D eigenvalue weighted by molar-refractivity contribution is 6.30. The van der Waals surface area contributed by atoms with E-state index in [0.29, 0.717) is 11.4 Å². The van der Waals surface area contributed by atoms with Crippen LogP contribution >= 0.6 is 11.6 Å². The van der Waals surface area contributed by atoms with Crippen molar-refractivity contribution in [3.05, 3.63) is 28.8 Å². The number of carbonyl (C=O) groups is 1. The molecule has 1 aliphatic carbocycles. The van der Waals surface area contributed by atoms with Gasteiger partial charge in [-0.3, -0.25) is 4.79 Å². The van der Waals surface area contributed by atoms with E-state index in [0.717, 1.165) is 19.3 Å². The molecule has 0 aliphatic heterocycles. The summed E-state index contributed by atoms with van der Waals surface area (Å²) in [5, 5.41) is 22.6. The molecule has 18 heavy (non-hydrogen) atoms. The van der Waals surface area contributed by atoms with Crippen molar-refractivity contribution in [3.8, 4) is 5.75 Å². The minimum atomic E-state index is -0.503. The Morgan fingerprint density at radius 3 is 2.72 bits per heavy atom. The monoisotopic (exact) mass is 269 g/mol. The highest BCUT2D eigenvalue weighted by Crippen LogP contribution is 2.23. The van der Waals surface area contributed by atoms with Crippen molar-refractivity contribution in [2.45, 2.75) is 37.8 Å². The van der Waals surface area contributed by atoms with Gasteiger partial charge in [0.25, 0.3) is 5.91 Å². The molecule has 2 atom stereocenters. The van der Waals surface area contributed by atoms with Gasteiger partial charge in [-0.25, -0.2) is 0 Å². The summed E-state index contributed by atoms with van der Waals surface area (Å²) in [7, 11) is 0. The standard InChI is InChI=1S/C13H16ClNO3/c14-8-5-6-9(12(17)7-8)13(18)15-10-3-1-2-4-11(10)16/h5-7,10-11,16-17H,1-4H2,(H,15,18)/t10-,11-/m0/s1. The van der Waals surface area contributed by atoms with Gasteiger partial charge >= 0.3 is 0 Å². The first-order valence-corrected chi connectivity index (χ1v) is 6.43. The summed E-state index contributed by atoms with van der Waals surface area (Å²) >= 11 is 5.70. The third-order valence-corrected chi connectivity index (χ3v) is 3.49. The first-order chi connectivity index (χ1) is 8.58. The van der Waals surface area contributed by atoms with E-state index in [4.69, 9.17) is 11.6 Å². The van der Waals surface area contributed by atoms with Gasteiger partial charge in [0.15, 0.2) is 0 Å². The Balaban J connectivity index is 2.07. The van der Waals surface area contributed by atoms with E-state index in [-0.39, 0.29) is 23.3 Å². The van der Waals surface area contributed by atoms with Crippen LogP contribution in [0, 0.1) is 0 Å². The fourth-order valence-corrected chi connectivity index (χ4v) is 2.39. The Labute approximate surface area is 111 Å². The maximum atomic E-state index is 12.0. The Hall–Kier alpha value is -1.26. The third kappa shape index (κ3) is 2.94. The van der Waals surface area contributed by atoms with E-state index in [2.05, 4.69) is 5.32 Å². The lowest BCUT2D eigenvalue weighted by Gasteiger charge is -2.28. The van der Waals surface area contributed by atoms with Gasteiger partial charge in [0.1, 0.15) is 5.75 Å². The Bertz CT molecular complexity index is 450. The second kappa shape index (κ2) is 5.59. The van der Waals surface area contributed by atoms with Crippen LogP contribution in [0.5, 0.6) is 5.75 Å². The normalized spacial score (nSPS) is 23.7. The fraction of sp³-hybridized carbons (Fsp3) is 0.462. The number of hydrogen-bond donors (Lipinski definition) is 3. The molecule has 3 N–H and O–H groups in total. The summed E-state index contributed by atoms with van der Waals surface area (Å²) in [5.74, 6) is -0.527. The number of aliphatic hydroxyl groups is 1. The zero-order valence-corrected chi connectivity index (χ0v) is 10.7. The quantitative estimate of drug-likeness (QED) is 0.770. The van der Waals surface area contributed by atoms with Crippen molar-refractivity contribution in [1.29, 1.82) is 0 Å². The van der Waals surface area contributed by atoms with Gasteiger partial charge in [-0.1, -0.05) is 24.4 Å². The van der Waals surface area contributed by atoms with Crippen LogP contribution in [0.4, 0.5) is 0 Å². The van der Waals surface area contributed by atoms with E-state index in [1.54, 1.807) is 6.07 Å². The zero-order chi connectivity index (χ0) is 13.1. The largest absolute Gasteiger partial charge is 0.507 e. The first kappa shape index (κ1) is 13.2. The van der Waals surface area contributed by atoms with Gasteiger partial charge in [0.2, 0.25) is 0 Å². The van der Waals surface area contributed by atoms with Gasteiger partial charge < -0.3 is 15.5 Å². The van der Waals surface area contributed by atoms with E-state index < -0.39 is 6.10 Å². The second-order valence-electron chi connectivity index (χ2n) is 4.59. The number of halogens is 1. The number of nitrogens with one attached hydrogen (secondary N) is 1. The number of rotatable bonds is 2. The maximum absolute atomic E-state index is 12.0. The summed E-state index contributed by atoms with van der Waals surface area (Å²) in [5.41, 5.74) is 0.178. The first-order valence-electron chi connectivity index (χ1n) is 6.05. The molecule has 0 saturated heterocycles. The summed E-state index contributed by atoms with van der Waals surface area (Å²) in [4.78, 5) is 12.0. The van der Waals surface area contributed by atoms with Crippen LogP contribution < -0.4 is 5.32 Å². The average Bonchev–Trinajstić information content (AvgIpc) is 2.32. The average molecular weight is 270 g/mol. The smallest absolute Gasteiger partial charge is 0.255 e. The van der Waals surface area contributed by atoms with Crippen molar-refractivity contribution in [3.63, 3.8) is 0 Å². The van der Waals surface area contributed by atoms with Crippen LogP contribution in [-0.2, 0) is 0 Å². The molecule has 1 amide bonds. The van der Waals surface area contributed by atoms with E-state index in [1.165, 1.54) is 12.1 Å². The third-order valence-electron chi connectivity index (χ3n) is 3.25. The van der Waals surface area contributed by atoms with Gasteiger partial charge in [-0.2, -0.15) is 0 Å². The zero-order valence-electron chi connectivity index (χ0n) is 9.90. The maximum Gasteiger partial charge on any atom is 0.255 e. The molecule has 1 aromatic rings. The van der Waals surface area contributed by atoms with Crippen molar-refractivity contribution < 1.29 is 15.0 Å². The number of phenolic OH excluding ortho intramolecular Hbond substituents is 1. The topological polar surface area (TPSA) is 69.6 Å². The van der Waals surface area contributed by atoms with Crippen LogP contribution in [0.15, 0.2) is 18.2 Å². The molecule has 0 unspecified atom stereocenters. The van der Waals surface area contributed by atoms with Gasteiger partial charge in [-0.15, -0.1) is 0 Å². The highest BCUT2D eigenvalue weighted by atomic mass is 35.5. The van der Waals surface area contributed by atoms with Gasteiger partial charge in [0.05, 0.1) is 17.7 Å². The van der Waals surface area contributed by atoms with Gasteiger partial charge in [0, 0.05) is 5.02 Å². The van der Waals surface area contributed by atoms with Crippen LogP contribution in [0.3, 0.4) is 0 Å². The highest BCUT2D eigenvalue weighted by Gasteiger charge is 2.25. The lowest BCUT2D eigenvalue weighted by Crippen LogP contribution is -2.45. The Morgan fingerprint density at radius 1 is 1.33 bits per heavy atom. The van der Waals surface area contributed by atoms with Crippen LogP contribution in [-0.4, -0.2) is 28.3 Å². The van der Waals surface area contributed by atoms with Crippen LogP contribution in [0.25, 0.3) is 0 Å². The molecule has 0 heterocycles. The molecule has 0 radical (unpaired) electrons. The van der Waals surface area contributed by atoms with Crippen molar-refractivity contribution in [2.24, 2.45) is 0 Å². The second-order valence-corrected chi connectivity index (χ2v) is 5.03. The molecule has 2 rings (SSSR count). The van der Waals surface area contributed by atoms with Crippen molar-refractivity contribution in [2.75, 3.05) is 0 Å². The van der Waals surface area contributed by atoms with Crippen molar-refractivity contribution >= 4 is 17.5 Å². The molecule has 1 aliphatic rings. The lowest BCUT2D eigenvalue weighted by molar-refractivity contribution is 0.0715. The number of hydrogen-bond acceptors (Lipinski definition) is 3. The Kier molecular flexibility index (Phi) is 4.09. The molecule has 98 valence electrons. The molecule has 0 aromatic heterocycles. The predicted molar refractivity (Wildman–Crippen MR) is 68.8 cm³/mol. The number of carbonyl (C=O) groups excluding carboxylic acids is 1. The van der Waals surface area contributed by atoms with E-state index >= 15 is 0 Å². The molecule has 1 fully saturated rings. The fourth-order valence-electron chi connectivity index (χ4n) is 2.22. The molecule has 4 nitrogen and oxygen atoms in total. The number of aliphatic hydroxyl groups excluding tert-OH is 1. The molecule has 5 heteroatoms. The molecular formula is C13H16ClNO3. The van der Waals surface area contributed by atoms with E-state index in [1.807, 2.05) is 0 Å².